The van der Waals surface area contributed by atoms with Crippen LogP contribution in [-0.2, 0) is 0 Å². The lowest BCUT2D eigenvalue weighted by molar-refractivity contribution is 0.0915. The molecule has 1 aliphatic carbocycles. The molecule has 1 amide bonds. The quantitative estimate of drug-likeness (QED) is 0.894. The van der Waals surface area contributed by atoms with Gasteiger partial charge in [0.15, 0.2) is 0 Å². The van der Waals surface area contributed by atoms with Gasteiger partial charge in [-0.3, -0.25) is 4.79 Å². The SMILES string of the molecule is Cl.NCC(NC(=O)c1ccccc1Cl)C1CCCCC1. The average molecular weight is 317 g/mol. The molecule has 1 aliphatic rings. The van der Waals surface area contributed by atoms with Gasteiger partial charge in [-0.2, -0.15) is 0 Å². The van der Waals surface area contributed by atoms with Crippen molar-refractivity contribution in [1.82, 2.24) is 5.32 Å². The van der Waals surface area contributed by atoms with Gasteiger partial charge >= 0.3 is 0 Å². The third-order valence-corrected chi connectivity index (χ3v) is 4.24. The van der Waals surface area contributed by atoms with Crippen LogP contribution in [0.5, 0.6) is 0 Å². The predicted molar refractivity (Wildman–Crippen MR) is 85.6 cm³/mol. The molecule has 1 aromatic carbocycles. The second-order valence-corrected chi connectivity index (χ2v) is 5.60. The van der Waals surface area contributed by atoms with Crippen molar-refractivity contribution in [3.63, 3.8) is 0 Å². The number of carbonyl (C=O) groups is 1. The van der Waals surface area contributed by atoms with Gasteiger partial charge in [0, 0.05) is 12.6 Å². The summed E-state index contributed by atoms with van der Waals surface area (Å²) in [7, 11) is 0. The van der Waals surface area contributed by atoms with Gasteiger partial charge in [-0.15, -0.1) is 12.4 Å². The van der Waals surface area contributed by atoms with Crippen molar-refractivity contribution in [2.24, 2.45) is 11.7 Å². The van der Waals surface area contributed by atoms with Gasteiger partial charge in [-0.25, -0.2) is 0 Å². The minimum atomic E-state index is -0.119. The lowest BCUT2D eigenvalue weighted by Crippen LogP contribution is -2.46. The first-order valence-electron chi connectivity index (χ1n) is 6.98. The molecule has 20 heavy (non-hydrogen) atoms. The van der Waals surface area contributed by atoms with Crippen LogP contribution in [0.15, 0.2) is 24.3 Å². The van der Waals surface area contributed by atoms with Crippen molar-refractivity contribution < 1.29 is 4.79 Å². The number of carbonyl (C=O) groups excluding carboxylic acids is 1. The Morgan fingerprint density at radius 2 is 1.95 bits per heavy atom. The number of nitrogens with one attached hydrogen (secondary N) is 1. The summed E-state index contributed by atoms with van der Waals surface area (Å²) in [6.07, 6.45) is 6.09. The standard InChI is InChI=1S/C15H21ClN2O.ClH/c16-13-9-5-4-8-12(13)15(19)18-14(10-17)11-6-2-1-3-7-11;/h4-5,8-9,11,14H,1-3,6-7,10,17H2,(H,18,19);1H. The highest BCUT2D eigenvalue weighted by molar-refractivity contribution is 6.33. The van der Waals surface area contributed by atoms with E-state index in [4.69, 9.17) is 17.3 Å². The van der Waals surface area contributed by atoms with E-state index in [0.29, 0.717) is 23.0 Å². The average Bonchev–Trinajstić information content (AvgIpc) is 2.46. The van der Waals surface area contributed by atoms with Crippen molar-refractivity contribution in [3.8, 4) is 0 Å². The molecule has 0 spiro atoms. The molecule has 1 saturated carbocycles. The number of benzene rings is 1. The number of halogens is 2. The van der Waals surface area contributed by atoms with E-state index in [-0.39, 0.29) is 24.4 Å². The summed E-state index contributed by atoms with van der Waals surface area (Å²) in [5.74, 6) is 0.386. The molecule has 1 unspecified atom stereocenters. The minimum absolute atomic E-state index is 0. The van der Waals surface area contributed by atoms with Gasteiger partial charge in [-0.1, -0.05) is 43.0 Å². The molecule has 0 saturated heterocycles. The molecule has 1 aromatic rings. The molecule has 3 N–H and O–H groups in total. The van der Waals surface area contributed by atoms with Gasteiger partial charge < -0.3 is 11.1 Å². The molecule has 0 bridgehead atoms. The fourth-order valence-electron chi connectivity index (χ4n) is 2.80. The number of rotatable bonds is 4. The molecular formula is C15H22Cl2N2O. The maximum atomic E-state index is 12.2. The van der Waals surface area contributed by atoms with E-state index in [1.54, 1.807) is 12.1 Å². The topological polar surface area (TPSA) is 55.1 Å². The smallest absolute Gasteiger partial charge is 0.253 e. The summed E-state index contributed by atoms with van der Waals surface area (Å²) < 4.78 is 0. The summed E-state index contributed by atoms with van der Waals surface area (Å²) >= 11 is 6.04. The van der Waals surface area contributed by atoms with E-state index in [9.17, 15) is 4.79 Å². The second kappa shape index (κ2) is 8.50. The summed E-state index contributed by atoms with van der Waals surface area (Å²) in [5, 5.41) is 3.53. The zero-order chi connectivity index (χ0) is 13.7. The molecule has 0 aromatic heterocycles. The van der Waals surface area contributed by atoms with E-state index in [1.807, 2.05) is 12.1 Å². The Kier molecular flexibility index (Phi) is 7.35. The number of hydrogen-bond donors (Lipinski definition) is 2. The number of hydrogen-bond acceptors (Lipinski definition) is 2. The first-order chi connectivity index (χ1) is 9.22. The Bertz CT molecular complexity index is 434. The van der Waals surface area contributed by atoms with Crippen LogP contribution in [0.2, 0.25) is 5.02 Å². The van der Waals surface area contributed by atoms with Gasteiger partial charge in [0.05, 0.1) is 10.6 Å². The highest BCUT2D eigenvalue weighted by Crippen LogP contribution is 2.26. The summed E-state index contributed by atoms with van der Waals surface area (Å²) in [4.78, 5) is 12.2. The van der Waals surface area contributed by atoms with Crippen LogP contribution in [-0.4, -0.2) is 18.5 Å². The van der Waals surface area contributed by atoms with Crippen molar-refractivity contribution in [1.29, 1.82) is 0 Å². The van der Waals surface area contributed by atoms with E-state index in [2.05, 4.69) is 5.32 Å². The second-order valence-electron chi connectivity index (χ2n) is 5.19. The van der Waals surface area contributed by atoms with Crippen LogP contribution in [0.4, 0.5) is 0 Å². The largest absolute Gasteiger partial charge is 0.348 e. The van der Waals surface area contributed by atoms with E-state index in [0.717, 1.165) is 12.8 Å². The Hall–Kier alpha value is -0.770. The van der Waals surface area contributed by atoms with Gasteiger partial charge in [0.25, 0.3) is 5.91 Å². The van der Waals surface area contributed by atoms with Crippen molar-refractivity contribution in [2.45, 2.75) is 38.1 Å². The third kappa shape index (κ3) is 4.37. The minimum Gasteiger partial charge on any atom is -0.348 e. The van der Waals surface area contributed by atoms with Crippen molar-refractivity contribution >= 4 is 29.9 Å². The third-order valence-electron chi connectivity index (χ3n) is 3.91. The summed E-state index contributed by atoms with van der Waals surface area (Å²) in [6, 6.07) is 7.17. The van der Waals surface area contributed by atoms with Crippen LogP contribution in [0, 0.1) is 5.92 Å². The van der Waals surface area contributed by atoms with Gasteiger partial charge in [0.2, 0.25) is 0 Å². The monoisotopic (exact) mass is 316 g/mol. The fourth-order valence-corrected chi connectivity index (χ4v) is 3.02. The number of nitrogens with two attached hydrogens (primary N) is 1. The molecule has 1 fully saturated rings. The zero-order valence-corrected chi connectivity index (χ0v) is 13.1. The number of amides is 1. The first-order valence-corrected chi connectivity index (χ1v) is 7.35. The van der Waals surface area contributed by atoms with Crippen LogP contribution >= 0.6 is 24.0 Å². The highest BCUT2D eigenvalue weighted by Gasteiger charge is 2.24. The van der Waals surface area contributed by atoms with Crippen molar-refractivity contribution in [3.05, 3.63) is 34.9 Å². The Morgan fingerprint density at radius 3 is 2.55 bits per heavy atom. The summed E-state index contributed by atoms with van der Waals surface area (Å²) in [6.45, 7) is 0.487. The molecule has 3 nitrogen and oxygen atoms in total. The molecule has 112 valence electrons. The Morgan fingerprint density at radius 1 is 1.30 bits per heavy atom. The highest BCUT2D eigenvalue weighted by atomic mass is 35.5. The van der Waals surface area contributed by atoms with Gasteiger partial charge in [0.1, 0.15) is 0 Å². The zero-order valence-electron chi connectivity index (χ0n) is 11.5. The normalized spacial score (nSPS) is 17.1. The Balaban J connectivity index is 0.00000200. The summed E-state index contributed by atoms with van der Waals surface area (Å²) in [5.41, 5.74) is 6.35. The fraction of sp³-hybridized carbons (Fsp3) is 0.533. The molecule has 0 aliphatic heterocycles. The maximum absolute atomic E-state index is 12.2. The van der Waals surface area contributed by atoms with E-state index in [1.165, 1.54) is 19.3 Å². The van der Waals surface area contributed by atoms with E-state index >= 15 is 0 Å². The first kappa shape index (κ1) is 17.3. The predicted octanol–water partition coefficient (Wildman–Crippen LogP) is 3.40. The van der Waals surface area contributed by atoms with Crippen LogP contribution in [0.3, 0.4) is 0 Å². The lowest BCUT2D eigenvalue weighted by Gasteiger charge is -2.30. The molecule has 0 radical (unpaired) electrons. The van der Waals surface area contributed by atoms with Crippen LogP contribution in [0.1, 0.15) is 42.5 Å². The maximum Gasteiger partial charge on any atom is 0.253 e. The van der Waals surface area contributed by atoms with Crippen LogP contribution < -0.4 is 11.1 Å². The molecular weight excluding hydrogens is 295 g/mol. The van der Waals surface area contributed by atoms with Crippen molar-refractivity contribution in [2.75, 3.05) is 6.54 Å². The Labute approximate surface area is 131 Å². The van der Waals surface area contributed by atoms with Gasteiger partial charge in [-0.05, 0) is 30.9 Å². The van der Waals surface area contributed by atoms with E-state index < -0.39 is 0 Å². The lowest BCUT2D eigenvalue weighted by atomic mass is 9.84. The molecule has 1 atom stereocenters. The molecule has 5 heteroatoms. The van der Waals surface area contributed by atoms with Crippen LogP contribution in [0.25, 0.3) is 0 Å². The molecule has 0 heterocycles. The molecule has 2 rings (SSSR count).